The van der Waals surface area contributed by atoms with E-state index in [0.29, 0.717) is 38.0 Å². The lowest BCUT2D eigenvalue weighted by molar-refractivity contribution is -0.138. The van der Waals surface area contributed by atoms with Crippen LogP contribution in [0.25, 0.3) is 0 Å². The summed E-state index contributed by atoms with van der Waals surface area (Å²) in [5.41, 5.74) is 4.15. The summed E-state index contributed by atoms with van der Waals surface area (Å²) in [5, 5.41) is 0. The molecule has 2 aromatic carbocycles. The van der Waals surface area contributed by atoms with E-state index in [9.17, 15) is 27.2 Å². The van der Waals surface area contributed by atoms with Crippen LogP contribution in [0.5, 0.6) is 0 Å². The van der Waals surface area contributed by atoms with Crippen molar-refractivity contribution in [3.63, 3.8) is 0 Å². The van der Waals surface area contributed by atoms with Crippen LogP contribution in [0.4, 0.5) is 17.6 Å². The predicted octanol–water partition coefficient (Wildman–Crippen LogP) is 4.33. The zero-order valence-electron chi connectivity index (χ0n) is 23.8. The second-order valence-electron chi connectivity index (χ2n) is 11.3. The molecule has 0 radical (unpaired) electrons. The van der Waals surface area contributed by atoms with Crippen LogP contribution in [-0.2, 0) is 42.8 Å². The largest absolute Gasteiger partial charge is 0.416 e. The molecular formula is C32H31F4N5O3. The van der Waals surface area contributed by atoms with E-state index in [4.69, 9.17) is 10.5 Å². The van der Waals surface area contributed by atoms with E-state index in [0.717, 1.165) is 32.9 Å². The number of piperidine rings is 1. The number of ether oxygens (including phenoxy) is 1. The molecule has 1 unspecified atom stereocenters. The third kappa shape index (κ3) is 5.60. The highest BCUT2D eigenvalue weighted by Gasteiger charge is 2.47. The zero-order valence-corrected chi connectivity index (χ0v) is 23.8. The fourth-order valence-corrected chi connectivity index (χ4v) is 6.31. The zero-order chi connectivity index (χ0) is 31.1. The van der Waals surface area contributed by atoms with Gasteiger partial charge < -0.3 is 10.5 Å². The third-order valence-electron chi connectivity index (χ3n) is 8.62. The lowest BCUT2D eigenvalue weighted by Crippen LogP contribution is -2.49. The molecular weight excluding hydrogens is 578 g/mol. The molecule has 1 atom stereocenters. The number of hydrogen-bond acceptors (Lipinski definition) is 6. The minimum absolute atomic E-state index is 0.163. The number of benzene rings is 2. The van der Waals surface area contributed by atoms with Crippen molar-refractivity contribution in [2.45, 2.75) is 56.9 Å². The van der Waals surface area contributed by atoms with E-state index in [1.54, 1.807) is 42.7 Å². The Morgan fingerprint density at radius 1 is 0.955 bits per heavy atom. The lowest BCUT2D eigenvalue weighted by atomic mass is 9.85. The van der Waals surface area contributed by atoms with Gasteiger partial charge in [0, 0.05) is 43.6 Å². The van der Waals surface area contributed by atoms with Gasteiger partial charge in [0.15, 0.2) is 0 Å². The van der Waals surface area contributed by atoms with E-state index in [1.165, 1.54) is 0 Å². The number of hydrogen-bond donors (Lipinski definition) is 1. The number of pyridine rings is 1. The standard InChI is InChI=1S/C32H31F4N5O3/c33-25-10-4-9-24(32(34,35)36)23(25)18-40-27-20-44-31(11-14-39(15-12-31)17-21-6-5-13-38-16-21)28(27)29(42)41(30(40)43)19-26(37)22-7-2-1-3-8-22/h1-10,13,16,26H,11-12,14-15,17-20,37H2. The number of fused-ring (bicyclic) bond motifs is 2. The predicted molar refractivity (Wildman–Crippen MR) is 154 cm³/mol. The first-order valence-corrected chi connectivity index (χ1v) is 14.3. The molecule has 230 valence electrons. The SMILES string of the molecule is NC(Cn1c(=O)c2c(n(Cc3c(F)cccc3C(F)(F)F)c1=O)COC21CCN(Cc2cccnc2)CC1)c1ccccc1. The maximum Gasteiger partial charge on any atom is 0.416 e. The normalized spacial score (nSPS) is 17.1. The van der Waals surface area contributed by atoms with Crippen LogP contribution in [0.1, 0.15) is 52.4 Å². The Morgan fingerprint density at radius 3 is 2.39 bits per heavy atom. The smallest absolute Gasteiger partial charge is 0.364 e. The van der Waals surface area contributed by atoms with E-state index in [2.05, 4.69) is 9.88 Å². The first-order chi connectivity index (χ1) is 21.1. The highest BCUT2D eigenvalue weighted by Crippen LogP contribution is 2.43. The van der Waals surface area contributed by atoms with Crippen LogP contribution in [0.3, 0.4) is 0 Å². The lowest BCUT2D eigenvalue weighted by Gasteiger charge is -2.38. The average molecular weight is 610 g/mol. The topological polar surface area (TPSA) is 95.4 Å². The van der Waals surface area contributed by atoms with E-state index < -0.39 is 52.6 Å². The maximum absolute atomic E-state index is 15.0. The molecule has 1 fully saturated rings. The van der Waals surface area contributed by atoms with Gasteiger partial charge in [-0.3, -0.25) is 23.8 Å². The number of rotatable bonds is 7. The minimum Gasteiger partial charge on any atom is -0.364 e. The molecule has 44 heavy (non-hydrogen) atoms. The second kappa shape index (κ2) is 11.8. The molecule has 1 spiro atoms. The van der Waals surface area contributed by atoms with Gasteiger partial charge in [-0.15, -0.1) is 0 Å². The van der Waals surface area contributed by atoms with Crippen molar-refractivity contribution in [2.75, 3.05) is 13.1 Å². The highest BCUT2D eigenvalue weighted by atomic mass is 19.4. The van der Waals surface area contributed by atoms with Crippen molar-refractivity contribution in [1.29, 1.82) is 0 Å². The monoisotopic (exact) mass is 609 g/mol. The number of halogens is 4. The van der Waals surface area contributed by atoms with Gasteiger partial charge in [-0.2, -0.15) is 13.2 Å². The number of nitrogens with two attached hydrogens (primary N) is 1. The van der Waals surface area contributed by atoms with E-state index in [-0.39, 0.29) is 24.4 Å². The molecule has 8 nitrogen and oxygen atoms in total. The fraction of sp³-hybridized carbons (Fsp3) is 0.344. The Labute approximate surface area is 250 Å². The molecule has 6 rings (SSSR count). The van der Waals surface area contributed by atoms with Crippen molar-refractivity contribution >= 4 is 0 Å². The van der Waals surface area contributed by atoms with Gasteiger partial charge in [0.25, 0.3) is 5.56 Å². The Kier molecular flexibility index (Phi) is 7.99. The average Bonchev–Trinajstić information content (AvgIpc) is 3.38. The third-order valence-corrected chi connectivity index (χ3v) is 8.62. The van der Waals surface area contributed by atoms with E-state index in [1.807, 2.05) is 12.1 Å². The van der Waals surface area contributed by atoms with Crippen LogP contribution >= 0.6 is 0 Å². The summed E-state index contributed by atoms with van der Waals surface area (Å²) in [7, 11) is 0. The summed E-state index contributed by atoms with van der Waals surface area (Å²) in [6.07, 6.45) is -0.521. The number of nitrogens with zero attached hydrogens (tertiary/aromatic N) is 4. The van der Waals surface area contributed by atoms with Gasteiger partial charge in [-0.25, -0.2) is 9.18 Å². The molecule has 12 heteroatoms. The van der Waals surface area contributed by atoms with Gasteiger partial charge in [0.1, 0.15) is 11.4 Å². The summed E-state index contributed by atoms with van der Waals surface area (Å²) >= 11 is 0. The number of alkyl halides is 3. The Hall–Kier alpha value is -4.13. The Morgan fingerprint density at radius 2 is 1.70 bits per heavy atom. The molecule has 1 saturated heterocycles. The van der Waals surface area contributed by atoms with Crippen LogP contribution < -0.4 is 17.0 Å². The molecule has 2 aromatic heterocycles. The van der Waals surface area contributed by atoms with Gasteiger partial charge in [-0.05, 0) is 42.2 Å². The van der Waals surface area contributed by atoms with Crippen molar-refractivity contribution in [2.24, 2.45) is 5.73 Å². The van der Waals surface area contributed by atoms with Gasteiger partial charge >= 0.3 is 11.9 Å². The molecule has 2 N–H and O–H groups in total. The van der Waals surface area contributed by atoms with Crippen molar-refractivity contribution in [3.8, 4) is 0 Å². The highest BCUT2D eigenvalue weighted by molar-refractivity contribution is 5.35. The summed E-state index contributed by atoms with van der Waals surface area (Å²) in [6, 6.07) is 14.6. The molecule has 2 aliphatic rings. The minimum atomic E-state index is -4.85. The number of likely N-dealkylation sites (tertiary alicyclic amines) is 1. The fourth-order valence-electron chi connectivity index (χ4n) is 6.31. The van der Waals surface area contributed by atoms with Crippen molar-refractivity contribution < 1.29 is 22.3 Å². The molecule has 0 bridgehead atoms. The molecule has 4 heterocycles. The Balaban J connectivity index is 1.43. The quantitative estimate of drug-likeness (QED) is 0.314. The van der Waals surface area contributed by atoms with Gasteiger partial charge in [0.05, 0.1) is 36.5 Å². The van der Waals surface area contributed by atoms with Crippen LogP contribution in [0, 0.1) is 5.82 Å². The summed E-state index contributed by atoms with van der Waals surface area (Å²) < 4.78 is 65.1. The van der Waals surface area contributed by atoms with Crippen LogP contribution in [0.2, 0.25) is 0 Å². The number of aromatic nitrogens is 3. The second-order valence-corrected chi connectivity index (χ2v) is 11.3. The summed E-state index contributed by atoms with van der Waals surface area (Å²) in [6.45, 7) is 0.686. The van der Waals surface area contributed by atoms with Crippen molar-refractivity contribution in [1.82, 2.24) is 19.0 Å². The maximum atomic E-state index is 15.0. The van der Waals surface area contributed by atoms with Crippen LogP contribution in [0.15, 0.2) is 82.6 Å². The summed E-state index contributed by atoms with van der Waals surface area (Å²) in [5.74, 6) is -1.10. The molecule has 2 aliphatic heterocycles. The first kappa shape index (κ1) is 29.9. The first-order valence-electron chi connectivity index (χ1n) is 14.3. The molecule has 0 saturated carbocycles. The summed E-state index contributed by atoms with van der Waals surface area (Å²) in [4.78, 5) is 34.4. The van der Waals surface area contributed by atoms with Gasteiger partial charge in [0.2, 0.25) is 0 Å². The molecule has 0 amide bonds. The Bertz CT molecular complexity index is 1770. The van der Waals surface area contributed by atoms with E-state index >= 15 is 0 Å². The molecule has 0 aliphatic carbocycles. The van der Waals surface area contributed by atoms with Gasteiger partial charge in [-0.1, -0.05) is 42.5 Å². The van der Waals surface area contributed by atoms with Crippen LogP contribution in [-0.4, -0.2) is 32.1 Å². The van der Waals surface area contributed by atoms with Crippen molar-refractivity contribution in [3.05, 3.63) is 133 Å². The molecule has 4 aromatic rings.